The number of aryl methyl sites for hydroxylation is 2. The lowest BCUT2D eigenvalue weighted by atomic mass is 10.3. The molecule has 13 heavy (non-hydrogen) atoms. The minimum atomic E-state index is 0.806. The van der Waals surface area contributed by atoms with Crippen molar-refractivity contribution in [3.63, 3.8) is 0 Å². The van der Waals surface area contributed by atoms with Crippen molar-refractivity contribution in [1.82, 2.24) is 24.5 Å². The standard InChI is InChI=1S/C7H8BrN5/c1-12-4-9-11-7(12)5-3-10-13(2)6(5)8/h3-4H,1-2H3. The molecule has 0 atom stereocenters. The van der Waals surface area contributed by atoms with E-state index in [-0.39, 0.29) is 0 Å². The van der Waals surface area contributed by atoms with Gasteiger partial charge in [-0.3, -0.25) is 4.68 Å². The summed E-state index contributed by atoms with van der Waals surface area (Å²) >= 11 is 3.43. The molecule has 2 aromatic rings. The van der Waals surface area contributed by atoms with Crippen LogP contribution in [0.5, 0.6) is 0 Å². The van der Waals surface area contributed by atoms with Crippen molar-refractivity contribution >= 4 is 15.9 Å². The fourth-order valence-electron chi connectivity index (χ4n) is 1.10. The molecule has 2 aromatic heterocycles. The summed E-state index contributed by atoms with van der Waals surface area (Å²) < 4.78 is 4.50. The molecule has 0 saturated heterocycles. The Labute approximate surface area is 83.5 Å². The van der Waals surface area contributed by atoms with Gasteiger partial charge in [0.2, 0.25) is 0 Å². The van der Waals surface area contributed by atoms with Crippen molar-refractivity contribution in [2.75, 3.05) is 0 Å². The highest BCUT2D eigenvalue weighted by atomic mass is 79.9. The monoisotopic (exact) mass is 241 g/mol. The van der Waals surface area contributed by atoms with E-state index in [0.29, 0.717) is 0 Å². The minimum absolute atomic E-state index is 0.806. The Morgan fingerprint density at radius 2 is 2.15 bits per heavy atom. The van der Waals surface area contributed by atoms with Gasteiger partial charge in [0.25, 0.3) is 0 Å². The predicted molar refractivity (Wildman–Crippen MR) is 50.9 cm³/mol. The first-order chi connectivity index (χ1) is 6.20. The molecule has 0 saturated carbocycles. The molecule has 2 heterocycles. The van der Waals surface area contributed by atoms with Crippen LogP contribution >= 0.6 is 15.9 Å². The molecule has 2 rings (SSSR count). The van der Waals surface area contributed by atoms with Gasteiger partial charge in [-0.1, -0.05) is 0 Å². The molecular formula is C7H8BrN5. The molecule has 0 N–H and O–H groups in total. The van der Waals surface area contributed by atoms with Gasteiger partial charge in [-0.15, -0.1) is 10.2 Å². The van der Waals surface area contributed by atoms with Crippen LogP contribution in [0.2, 0.25) is 0 Å². The molecule has 0 fully saturated rings. The number of hydrogen-bond acceptors (Lipinski definition) is 3. The van der Waals surface area contributed by atoms with Gasteiger partial charge in [-0.25, -0.2) is 0 Å². The van der Waals surface area contributed by atoms with Gasteiger partial charge in [-0.2, -0.15) is 5.10 Å². The third kappa shape index (κ3) is 1.27. The molecule has 0 aliphatic heterocycles. The average Bonchev–Trinajstić information content (AvgIpc) is 2.62. The summed E-state index contributed by atoms with van der Waals surface area (Å²) in [6.45, 7) is 0. The second-order valence-electron chi connectivity index (χ2n) is 2.74. The van der Waals surface area contributed by atoms with Crippen LogP contribution in [0.1, 0.15) is 0 Å². The van der Waals surface area contributed by atoms with E-state index in [1.54, 1.807) is 17.2 Å². The van der Waals surface area contributed by atoms with Crippen molar-refractivity contribution in [3.05, 3.63) is 17.1 Å². The minimum Gasteiger partial charge on any atom is -0.317 e. The third-order valence-electron chi connectivity index (χ3n) is 1.82. The molecule has 0 aliphatic carbocycles. The van der Waals surface area contributed by atoms with E-state index in [1.165, 1.54) is 0 Å². The van der Waals surface area contributed by atoms with E-state index < -0.39 is 0 Å². The Morgan fingerprint density at radius 3 is 2.62 bits per heavy atom. The molecule has 0 amide bonds. The Morgan fingerprint density at radius 1 is 1.38 bits per heavy atom. The lowest BCUT2D eigenvalue weighted by Crippen LogP contribution is -1.92. The molecule has 0 unspecified atom stereocenters. The molecule has 0 bridgehead atoms. The summed E-state index contributed by atoms with van der Waals surface area (Å²) in [6, 6.07) is 0. The second kappa shape index (κ2) is 2.95. The molecule has 0 radical (unpaired) electrons. The number of aromatic nitrogens is 5. The van der Waals surface area contributed by atoms with Crippen LogP contribution in [0.15, 0.2) is 17.1 Å². The summed E-state index contributed by atoms with van der Waals surface area (Å²) in [6.07, 6.45) is 3.42. The molecule has 0 aromatic carbocycles. The fraction of sp³-hybridized carbons (Fsp3) is 0.286. The number of rotatable bonds is 1. The molecule has 6 heteroatoms. The Kier molecular flexibility index (Phi) is 1.91. The van der Waals surface area contributed by atoms with Crippen LogP contribution in [0.3, 0.4) is 0 Å². The average molecular weight is 242 g/mol. The largest absolute Gasteiger partial charge is 0.317 e. The second-order valence-corrected chi connectivity index (χ2v) is 3.49. The summed E-state index contributed by atoms with van der Waals surface area (Å²) in [5.74, 6) is 0.806. The molecular weight excluding hydrogens is 234 g/mol. The van der Waals surface area contributed by atoms with Gasteiger partial charge in [0.1, 0.15) is 10.9 Å². The maximum Gasteiger partial charge on any atom is 0.167 e. The van der Waals surface area contributed by atoms with E-state index in [2.05, 4.69) is 31.2 Å². The van der Waals surface area contributed by atoms with E-state index in [9.17, 15) is 0 Å². The van der Waals surface area contributed by atoms with Crippen LogP contribution in [0, 0.1) is 0 Å². The van der Waals surface area contributed by atoms with Crippen molar-refractivity contribution in [2.24, 2.45) is 14.1 Å². The third-order valence-corrected chi connectivity index (χ3v) is 2.76. The van der Waals surface area contributed by atoms with Gasteiger partial charge in [0, 0.05) is 14.1 Å². The lowest BCUT2D eigenvalue weighted by Gasteiger charge is -1.97. The zero-order valence-corrected chi connectivity index (χ0v) is 8.85. The van der Waals surface area contributed by atoms with Crippen molar-refractivity contribution in [3.8, 4) is 11.4 Å². The van der Waals surface area contributed by atoms with Gasteiger partial charge in [0.15, 0.2) is 5.82 Å². The maximum atomic E-state index is 4.10. The zero-order chi connectivity index (χ0) is 9.42. The highest BCUT2D eigenvalue weighted by molar-refractivity contribution is 9.10. The summed E-state index contributed by atoms with van der Waals surface area (Å²) in [4.78, 5) is 0. The molecule has 0 aliphatic rings. The molecule has 5 nitrogen and oxygen atoms in total. The van der Waals surface area contributed by atoms with Crippen molar-refractivity contribution in [2.45, 2.75) is 0 Å². The van der Waals surface area contributed by atoms with E-state index in [0.717, 1.165) is 16.0 Å². The van der Waals surface area contributed by atoms with Gasteiger partial charge in [-0.05, 0) is 15.9 Å². The first-order valence-corrected chi connectivity index (χ1v) is 4.51. The highest BCUT2D eigenvalue weighted by Crippen LogP contribution is 2.24. The summed E-state index contributed by atoms with van der Waals surface area (Å²) in [5.41, 5.74) is 0.947. The SMILES string of the molecule is Cn1cnnc1-c1cnn(C)c1Br. The zero-order valence-electron chi connectivity index (χ0n) is 7.27. The fourth-order valence-corrected chi connectivity index (χ4v) is 1.47. The Balaban J connectivity index is 2.59. The van der Waals surface area contributed by atoms with Gasteiger partial charge in [0.05, 0.1) is 11.8 Å². The number of hydrogen-bond donors (Lipinski definition) is 0. The van der Waals surface area contributed by atoms with E-state index >= 15 is 0 Å². The quantitative estimate of drug-likeness (QED) is 0.748. The Bertz CT molecular complexity index is 430. The van der Waals surface area contributed by atoms with Crippen LogP contribution in [0.4, 0.5) is 0 Å². The van der Waals surface area contributed by atoms with E-state index in [4.69, 9.17) is 0 Å². The van der Waals surface area contributed by atoms with Gasteiger partial charge < -0.3 is 4.57 Å². The van der Waals surface area contributed by atoms with Crippen LogP contribution in [0.25, 0.3) is 11.4 Å². The molecule has 68 valence electrons. The summed E-state index contributed by atoms with van der Waals surface area (Å²) in [5, 5.41) is 11.9. The van der Waals surface area contributed by atoms with Crippen molar-refractivity contribution < 1.29 is 0 Å². The lowest BCUT2D eigenvalue weighted by molar-refractivity contribution is 0.749. The maximum absolute atomic E-state index is 4.10. The topological polar surface area (TPSA) is 48.5 Å². The predicted octanol–water partition coefficient (Wildman–Crippen LogP) is 0.978. The smallest absolute Gasteiger partial charge is 0.167 e. The number of halogens is 1. The van der Waals surface area contributed by atoms with Crippen LogP contribution in [-0.2, 0) is 14.1 Å². The normalized spacial score (nSPS) is 10.7. The molecule has 0 spiro atoms. The van der Waals surface area contributed by atoms with Gasteiger partial charge >= 0.3 is 0 Å². The summed E-state index contributed by atoms with van der Waals surface area (Å²) in [7, 11) is 3.76. The van der Waals surface area contributed by atoms with Crippen LogP contribution < -0.4 is 0 Å². The first kappa shape index (κ1) is 8.43. The first-order valence-electron chi connectivity index (χ1n) is 3.72. The number of nitrogens with zero attached hydrogens (tertiary/aromatic N) is 5. The van der Waals surface area contributed by atoms with Crippen molar-refractivity contribution in [1.29, 1.82) is 0 Å². The Hall–Kier alpha value is -1.17. The van der Waals surface area contributed by atoms with E-state index in [1.807, 2.05) is 18.7 Å². The van der Waals surface area contributed by atoms with Crippen LogP contribution in [-0.4, -0.2) is 24.5 Å². The highest BCUT2D eigenvalue weighted by Gasteiger charge is 2.11.